The van der Waals surface area contributed by atoms with Gasteiger partial charge in [0, 0.05) is 25.2 Å². The van der Waals surface area contributed by atoms with Crippen LogP contribution in [0, 0.1) is 12.7 Å². The summed E-state index contributed by atoms with van der Waals surface area (Å²) < 4.78 is 13.5. The molecule has 3 heteroatoms. The molecule has 2 N–H and O–H groups in total. The Morgan fingerprint density at radius 1 is 1.20 bits per heavy atom. The zero-order valence-electron chi connectivity index (χ0n) is 9.44. The number of likely N-dealkylation sites (N-methyl/N-ethyl adjacent to an activating group) is 1. The van der Waals surface area contributed by atoms with Crippen LogP contribution in [0.4, 0.5) is 4.39 Å². The van der Waals surface area contributed by atoms with E-state index in [9.17, 15) is 4.39 Å². The zero-order chi connectivity index (χ0) is 11.1. The quantitative estimate of drug-likeness (QED) is 0.700. The highest BCUT2D eigenvalue weighted by molar-refractivity contribution is 5.24. The molecular weight excluding hydrogens is 191 g/mol. The predicted molar refractivity (Wildman–Crippen MR) is 61.4 cm³/mol. The second kappa shape index (κ2) is 6.53. The molecule has 0 saturated heterocycles. The molecule has 2 nitrogen and oxygen atoms in total. The molecule has 0 unspecified atom stereocenters. The van der Waals surface area contributed by atoms with Gasteiger partial charge in [-0.05, 0) is 19.0 Å². The van der Waals surface area contributed by atoms with Crippen molar-refractivity contribution in [2.75, 3.05) is 19.6 Å². The Labute approximate surface area is 90.9 Å². The average Bonchev–Trinajstić information content (AvgIpc) is 2.24. The van der Waals surface area contributed by atoms with Crippen molar-refractivity contribution in [3.8, 4) is 0 Å². The lowest BCUT2D eigenvalue weighted by molar-refractivity contribution is 0.572. The minimum atomic E-state index is -0.0894. The average molecular weight is 210 g/mol. The summed E-state index contributed by atoms with van der Waals surface area (Å²) in [5, 5.41) is 6.41. The van der Waals surface area contributed by atoms with E-state index in [-0.39, 0.29) is 5.82 Å². The molecule has 0 aromatic heterocycles. The molecule has 0 atom stereocenters. The first kappa shape index (κ1) is 12.1. The molecule has 1 aromatic carbocycles. The Morgan fingerprint density at radius 3 is 2.67 bits per heavy atom. The normalized spacial score (nSPS) is 10.6. The Morgan fingerprint density at radius 2 is 1.93 bits per heavy atom. The molecule has 1 aromatic rings. The molecule has 0 saturated carbocycles. The first-order chi connectivity index (χ1) is 7.25. The van der Waals surface area contributed by atoms with Gasteiger partial charge in [-0.3, -0.25) is 0 Å². The van der Waals surface area contributed by atoms with E-state index < -0.39 is 0 Å². The maximum Gasteiger partial charge on any atom is 0.130 e. The van der Waals surface area contributed by atoms with E-state index in [1.54, 1.807) is 13.0 Å². The van der Waals surface area contributed by atoms with Crippen molar-refractivity contribution in [3.63, 3.8) is 0 Å². The van der Waals surface area contributed by atoms with Gasteiger partial charge in [-0.2, -0.15) is 0 Å². The molecule has 0 fully saturated rings. The first-order valence-electron chi connectivity index (χ1n) is 5.41. The monoisotopic (exact) mass is 210 g/mol. The van der Waals surface area contributed by atoms with E-state index in [0.29, 0.717) is 12.1 Å². The summed E-state index contributed by atoms with van der Waals surface area (Å²) in [4.78, 5) is 0. The third-order valence-corrected chi connectivity index (χ3v) is 2.32. The van der Waals surface area contributed by atoms with Crippen LogP contribution in [0.5, 0.6) is 0 Å². The molecule has 0 heterocycles. The van der Waals surface area contributed by atoms with Crippen molar-refractivity contribution in [3.05, 3.63) is 35.1 Å². The van der Waals surface area contributed by atoms with Crippen molar-refractivity contribution in [1.82, 2.24) is 10.6 Å². The molecule has 0 bridgehead atoms. The van der Waals surface area contributed by atoms with Crippen LogP contribution in [-0.2, 0) is 6.54 Å². The standard InChI is InChI=1S/C12H19FN2/c1-3-14-7-8-15-9-11-6-4-5-10(2)12(11)13/h4-6,14-15H,3,7-9H2,1-2H3. The van der Waals surface area contributed by atoms with E-state index >= 15 is 0 Å². The minimum Gasteiger partial charge on any atom is -0.316 e. The van der Waals surface area contributed by atoms with Gasteiger partial charge in [-0.25, -0.2) is 4.39 Å². The molecule has 0 aliphatic heterocycles. The third-order valence-electron chi connectivity index (χ3n) is 2.32. The fourth-order valence-corrected chi connectivity index (χ4v) is 1.42. The maximum absolute atomic E-state index is 13.5. The first-order valence-corrected chi connectivity index (χ1v) is 5.41. The molecule has 0 radical (unpaired) electrons. The van der Waals surface area contributed by atoms with Gasteiger partial charge in [0.1, 0.15) is 5.82 Å². The summed E-state index contributed by atoms with van der Waals surface area (Å²) in [5.74, 6) is -0.0894. The number of benzene rings is 1. The SMILES string of the molecule is CCNCCNCc1cccc(C)c1F. The van der Waals surface area contributed by atoms with Crippen molar-refractivity contribution >= 4 is 0 Å². The lowest BCUT2D eigenvalue weighted by Crippen LogP contribution is -2.27. The smallest absolute Gasteiger partial charge is 0.130 e. The number of hydrogen-bond acceptors (Lipinski definition) is 2. The van der Waals surface area contributed by atoms with Crippen LogP contribution in [0.15, 0.2) is 18.2 Å². The zero-order valence-corrected chi connectivity index (χ0v) is 9.44. The van der Waals surface area contributed by atoms with Crippen molar-refractivity contribution in [2.24, 2.45) is 0 Å². The van der Waals surface area contributed by atoms with Crippen LogP contribution in [0.25, 0.3) is 0 Å². The Hall–Kier alpha value is -0.930. The van der Waals surface area contributed by atoms with Crippen LogP contribution in [0.3, 0.4) is 0 Å². The third kappa shape index (κ3) is 3.98. The van der Waals surface area contributed by atoms with Crippen molar-refractivity contribution in [1.29, 1.82) is 0 Å². The van der Waals surface area contributed by atoms with Gasteiger partial charge in [0.2, 0.25) is 0 Å². The number of rotatable bonds is 6. The fourth-order valence-electron chi connectivity index (χ4n) is 1.42. The Bertz CT molecular complexity index is 300. The lowest BCUT2D eigenvalue weighted by atomic mass is 10.1. The largest absolute Gasteiger partial charge is 0.316 e. The Balaban J connectivity index is 2.34. The van der Waals surface area contributed by atoms with Crippen LogP contribution in [-0.4, -0.2) is 19.6 Å². The van der Waals surface area contributed by atoms with Gasteiger partial charge in [0.05, 0.1) is 0 Å². The van der Waals surface area contributed by atoms with E-state index in [0.717, 1.165) is 25.2 Å². The molecule has 0 aliphatic carbocycles. The molecule has 0 aliphatic rings. The molecule has 0 amide bonds. The van der Waals surface area contributed by atoms with E-state index in [1.165, 1.54) is 0 Å². The summed E-state index contributed by atoms with van der Waals surface area (Å²) in [5.41, 5.74) is 1.45. The summed E-state index contributed by atoms with van der Waals surface area (Å²) in [7, 11) is 0. The van der Waals surface area contributed by atoms with Gasteiger partial charge in [-0.15, -0.1) is 0 Å². The molecule has 1 rings (SSSR count). The van der Waals surface area contributed by atoms with Gasteiger partial charge in [0.25, 0.3) is 0 Å². The number of aryl methyl sites for hydroxylation is 1. The summed E-state index contributed by atoms with van der Waals surface area (Å²) >= 11 is 0. The predicted octanol–water partition coefficient (Wildman–Crippen LogP) is 1.83. The van der Waals surface area contributed by atoms with Crippen molar-refractivity contribution in [2.45, 2.75) is 20.4 Å². The number of halogens is 1. The molecular formula is C12H19FN2. The summed E-state index contributed by atoms with van der Waals surface area (Å²) in [6.45, 7) is 7.21. The number of hydrogen-bond donors (Lipinski definition) is 2. The lowest BCUT2D eigenvalue weighted by Gasteiger charge is -2.07. The van der Waals surface area contributed by atoms with Gasteiger partial charge < -0.3 is 10.6 Å². The minimum absolute atomic E-state index is 0.0894. The second-order valence-electron chi connectivity index (χ2n) is 3.58. The Kier molecular flexibility index (Phi) is 5.29. The van der Waals surface area contributed by atoms with E-state index in [1.807, 2.05) is 12.1 Å². The highest BCUT2D eigenvalue weighted by Gasteiger charge is 2.02. The van der Waals surface area contributed by atoms with Gasteiger partial charge >= 0.3 is 0 Å². The topological polar surface area (TPSA) is 24.1 Å². The van der Waals surface area contributed by atoms with Crippen molar-refractivity contribution < 1.29 is 4.39 Å². The van der Waals surface area contributed by atoms with Gasteiger partial charge in [-0.1, -0.05) is 25.1 Å². The van der Waals surface area contributed by atoms with Crippen LogP contribution in [0.1, 0.15) is 18.1 Å². The molecule has 84 valence electrons. The highest BCUT2D eigenvalue weighted by Crippen LogP contribution is 2.11. The fraction of sp³-hybridized carbons (Fsp3) is 0.500. The maximum atomic E-state index is 13.5. The van der Waals surface area contributed by atoms with Crippen LogP contribution in [0.2, 0.25) is 0 Å². The van der Waals surface area contributed by atoms with Gasteiger partial charge in [0.15, 0.2) is 0 Å². The van der Waals surface area contributed by atoms with E-state index in [2.05, 4.69) is 17.6 Å². The number of nitrogens with one attached hydrogen (secondary N) is 2. The molecule has 0 spiro atoms. The highest BCUT2D eigenvalue weighted by atomic mass is 19.1. The molecule has 15 heavy (non-hydrogen) atoms. The van der Waals surface area contributed by atoms with Crippen LogP contribution >= 0.6 is 0 Å². The second-order valence-corrected chi connectivity index (χ2v) is 3.58. The summed E-state index contributed by atoms with van der Waals surface area (Å²) in [6.07, 6.45) is 0. The summed E-state index contributed by atoms with van der Waals surface area (Å²) in [6, 6.07) is 5.50. The van der Waals surface area contributed by atoms with E-state index in [4.69, 9.17) is 0 Å². The van der Waals surface area contributed by atoms with Crippen LogP contribution < -0.4 is 10.6 Å².